The minimum atomic E-state index is -0.287. The van der Waals surface area contributed by atoms with Gasteiger partial charge in [-0.1, -0.05) is 206 Å². The van der Waals surface area contributed by atoms with Gasteiger partial charge in [0.05, 0.1) is 11.1 Å². The van der Waals surface area contributed by atoms with E-state index in [9.17, 15) is 0 Å². The second-order valence-electron chi connectivity index (χ2n) is 29.5. The van der Waals surface area contributed by atoms with Gasteiger partial charge < -0.3 is 19.1 Å². The van der Waals surface area contributed by atoms with Gasteiger partial charge in [-0.2, -0.15) is 0 Å². The fourth-order valence-electron chi connectivity index (χ4n) is 16.0. The van der Waals surface area contributed by atoms with E-state index < -0.39 is 0 Å². The predicted octanol–water partition coefficient (Wildman–Crippen LogP) is 20.0. The van der Waals surface area contributed by atoms with Gasteiger partial charge in [0.25, 0.3) is 6.71 Å². The van der Waals surface area contributed by atoms with Crippen LogP contribution in [0.1, 0.15) is 158 Å². The number of rotatable bonds is 5. The first kappa shape index (κ1) is 54.1. The van der Waals surface area contributed by atoms with Crippen molar-refractivity contribution in [1.82, 2.24) is 0 Å². The van der Waals surface area contributed by atoms with E-state index in [0.29, 0.717) is 0 Å². The summed E-state index contributed by atoms with van der Waals surface area (Å²) in [4.78, 5) is 7.75. The maximum atomic E-state index is 6.76. The summed E-state index contributed by atoms with van der Waals surface area (Å²) < 4.78 is 6.76. The van der Waals surface area contributed by atoms with E-state index in [2.05, 4.69) is 319 Å². The SMILES string of the molecule is Cc1cc2c3c(c1)N(c1cccc4oc5ccccc5c14)c1ccc(N(c4ccc(C(C)(C)C)cc4)c4ccc(C(C)(C)C)cc4)cc1B3c1cc3c(cc1N2c1ccc2c(c1)C(C)(C)c1ccccc1C2(C)C)C(C)(C)c1ccccc1C3(C)C. The van der Waals surface area contributed by atoms with Crippen molar-refractivity contribution < 1.29 is 4.42 Å². The van der Waals surface area contributed by atoms with Gasteiger partial charge in [0.2, 0.25) is 0 Å². The Labute approximate surface area is 510 Å². The molecule has 0 saturated carbocycles. The highest BCUT2D eigenvalue weighted by Crippen LogP contribution is 2.56. The molecule has 0 unspecified atom stereocenters. The zero-order chi connectivity index (χ0) is 59.9. The molecule has 86 heavy (non-hydrogen) atoms. The van der Waals surface area contributed by atoms with Crippen LogP contribution < -0.4 is 31.1 Å². The quantitative estimate of drug-likeness (QED) is 0.160. The highest BCUT2D eigenvalue weighted by atomic mass is 16.3. The average molecular weight is 1120 g/mol. The van der Waals surface area contributed by atoms with Gasteiger partial charge in [-0.15, -0.1) is 0 Å². The highest BCUT2D eigenvalue weighted by molar-refractivity contribution is 7.00. The number of para-hydroxylation sites is 1. The molecule has 3 heterocycles. The van der Waals surface area contributed by atoms with Gasteiger partial charge in [0.15, 0.2) is 0 Å². The molecule has 10 aromatic carbocycles. The molecule has 0 radical (unpaired) electrons. The molecule has 4 aliphatic rings. The third-order valence-corrected chi connectivity index (χ3v) is 20.7. The maximum Gasteiger partial charge on any atom is 0.252 e. The molecule has 0 fully saturated rings. The molecule has 2 aliphatic carbocycles. The van der Waals surface area contributed by atoms with Gasteiger partial charge in [-0.25, -0.2) is 0 Å². The minimum absolute atomic E-state index is 0.00421. The Balaban J connectivity index is 1.05. The minimum Gasteiger partial charge on any atom is -0.456 e. The molecule has 11 aromatic rings. The van der Waals surface area contributed by atoms with E-state index in [-0.39, 0.29) is 39.2 Å². The van der Waals surface area contributed by atoms with Crippen LogP contribution in [0, 0.1) is 6.92 Å². The van der Waals surface area contributed by atoms with E-state index >= 15 is 0 Å². The lowest BCUT2D eigenvalue weighted by Gasteiger charge is -2.48. The molecule has 0 amide bonds. The lowest BCUT2D eigenvalue weighted by molar-refractivity contribution is 0.520. The standard InChI is InChI=1S/C81H78BN3O/c1-49-43-70-75-71(44-49)85(68-28-22-30-73-74(68)56-23-16-21-29-72(56)86-73)67-42-40-55(83(52-35-31-50(32-36-52)76(2,3)4)53-37-33-51(34-38-53)77(5,6)7)46-65(67)82(75)66-47-63-64(81(14,15)60-27-20-19-26-59(60)80(63,12)13)48-69(66)84(70)54-39-41-61-62(45-54)79(10,11)58-25-18-17-24-57(58)78(61,8)9/h16-48H,1-15H3. The zero-order valence-corrected chi connectivity index (χ0v) is 52.9. The number of hydrogen-bond acceptors (Lipinski definition) is 4. The van der Waals surface area contributed by atoms with Crippen molar-refractivity contribution in [3.05, 3.63) is 261 Å². The fourth-order valence-corrected chi connectivity index (χ4v) is 16.0. The largest absolute Gasteiger partial charge is 0.456 e. The number of nitrogens with zero attached hydrogens (tertiary/aromatic N) is 3. The zero-order valence-electron chi connectivity index (χ0n) is 52.9. The number of hydrogen-bond donors (Lipinski definition) is 0. The van der Waals surface area contributed by atoms with Crippen molar-refractivity contribution in [2.24, 2.45) is 0 Å². The Morgan fingerprint density at radius 2 is 0.837 bits per heavy atom. The van der Waals surface area contributed by atoms with Gasteiger partial charge in [-0.05, 0) is 186 Å². The first-order chi connectivity index (χ1) is 40.8. The third-order valence-electron chi connectivity index (χ3n) is 20.7. The van der Waals surface area contributed by atoms with Crippen molar-refractivity contribution in [2.75, 3.05) is 14.7 Å². The molecule has 1 aromatic heterocycles. The molecule has 15 rings (SSSR count). The molecule has 0 spiro atoms. The highest BCUT2D eigenvalue weighted by Gasteiger charge is 2.49. The average Bonchev–Trinajstić information content (AvgIpc) is 0.708. The van der Waals surface area contributed by atoms with Crippen LogP contribution in [0.2, 0.25) is 0 Å². The Bertz CT molecular complexity index is 4580. The summed E-state index contributed by atoms with van der Waals surface area (Å²) in [5.74, 6) is 0. The van der Waals surface area contributed by atoms with Gasteiger partial charge in [0, 0.05) is 72.5 Å². The Hall–Kier alpha value is -8.54. The number of anilines is 9. The molecule has 0 bridgehead atoms. The number of benzene rings is 10. The summed E-state index contributed by atoms with van der Waals surface area (Å²) in [5.41, 5.74) is 29.9. The molecular weight excluding hydrogens is 1040 g/mol. The predicted molar refractivity (Wildman–Crippen MR) is 366 cm³/mol. The van der Waals surface area contributed by atoms with Crippen LogP contribution in [0.3, 0.4) is 0 Å². The molecular formula is C81H78BN3O. The van der Waals surface area contributed by atoms with E-state index in [1.807, 2.05) is 0 Å². The van der Waals surface area contributed by atoms with Crippen molar-refractivity contribution in [1.29, 1.82) is 0 Å². The van der Waals surface area contributed by atoms with E-state index in [1.165, 1.54) is 100 Å². The molecule has 5 heteroatoms. The first-order valence-corrected chi connectivity index (χ1v) is 31.2. The van der Waals surface area contributed by atoms with Crippen LogP contribution in [0.25, 0.3) is 21.9 Å². The summed E-state index contributed by atoms with van der Waals surface area (Å²) in [6.07, 6.45) is 0. The number of fused-ring (bicyclic) bond motifs is 11. The van der Waals surface area contributed by atoms with Crippen molar-refractivity contribution in [2.45, 2.75) is 136 Å². The third kappa shape index (κ3) is 7.74. The van der Waals surface area contributed by atoms with Gasteiger partial charge in [-0.3, -0.25) is 0 Å². The molecule has 426 valence electrons. The monoisotopic (exact) mass is 1120 g/mol. The number of furan rings is 1. The van der Waals surface area contributed by atoms with Crippen LogP contribution in [-0.2, 0) is 32.5 Å². The first-order valence-electron chi connectivity index (χ1n) is 31.2. The summed E-state index contributed by atoms with van der Waals surface area (Å²) in [6.45, 7) is 35.5. The maximum absolute atomic E-state index is 6.76. The molecule has 0 atom stereocenters. The van der Waals surface area contributed by atoms with Gasteiger partial charge >= 0.3 is 0 Å². The van der Waals surface area contributed by atoms with Crippen LogP contribution in [0.5, 0.6) is 0 Å². The smallest absolute Gasteiger partial charge is 0.252 e. The Kier molecular flexibility index (Phi) is 11.5. The Morgan fingerprint density at radius 3 is 1.41 bits per heavy atom. The Morgan fingerprint density at radius 1 is 0.372 bits per heavy atom. The lowest BCUT2D eigenvalue weighted by atomic mass is 9.33. The van der Waals surface area contributed by atoms with E-state index in [4.69, 9.17) is 4.42 Å². The molecule has 0 saturated heterocycles. The lowest BCUT2D eigenvalue weighted by Crippen LogP contribution is -2.62. The van der Waals surface area contributed by atoms with Crippen LogP contribution >= 0.6 is 0 Å². The summed E-state index contributed by atoms with van der Waals surface area (Å²) in [7, 11) is 0. The van der Waals surface area contributed by atoms with E-state index in [0.717, 1.165) is 50.4 Å². The van der Waals surface area contributed by atoms with Crippen LogP contribution in [-0.4, -0.2) is 6.71 Å². The van der Waals surface area contributed by atoms with E-state index in [1.54, 1.807) is 0 Å². The summed E-state index contributed by atoms with van der Waals surface area (Å²) in [6, 6.07) is 77.2. The number of aryl methyl sites for hydroxylation is 1. The normalized spacial score (nSPS) is 16.4. The van der Waals surface area contributed by atoms with Crippen molar-refractivity contribution >= 4 is 96.2 Å². The van der Waals surface area contributed by atoms with Crippen LogP contribution in [0.15, 0.2) is 205 Å². The summed E-state index contributed by atoms with van der Waals surface area (Å²) in [5, 5.41) is 2.21. The molecule has 2 aliphatic heterocycles. The fraction of sp³-hybridized carbons (Fsp3) is 0.259. The second-order valence-corrected chi connectivity index (χ2v) is 29.5. The van der Waals surface area contributed by atoms with Crippen molar-refractivity contribution in [3.63, 3.8) is 0 Å². The molecule has 0 N–H and O–H groups in total. The van der Waals surface area contributed by atoms with Crippen molar-refractivity contribution in [3.8, 4) is 0 Å². The topological polar surface area (TPSA) is 22.9 Å². The second kappa shape index (κ2) is 18.3. The summed E-state index contributed by atoms with van der Waals surface area (Å²) >= 11 is 0. The molecule has 4 nitrogen and oxygen atoms in total. The van der Waals surface area contributed by atoms with Gasteiger partial charge in [0.1, 0.15) is 11.2 Å². The van der Waals surface area contributed by atoms with Crippen LogP contribution in [0.4, 0.5) is 51.2 Å².